The van der Waals surface area contributed by atoms with Crippen LogP contribution in [0.25, 0.3) is 0 Å². The van der Waals surface area contributed by atoms with Gasteiger partial charge in [-0.15, -0.1) is 0 Å². The molecule has 1 N–H and O–H groups in total. The van der Waals surface area contributed by atoms with Crippen molar-refractivity contribution in [3.63, 3.8) is 0 Å². The number of hydrogen-bond acceptors (Lipinski definition) is 5. The number of anilines is 1. The number of rotatable bonds is 4. The molecule has 6 heteroatoms. The number of aromatic nitrogens is 1. The maximum absolute atomic E-state index is 11.2. The maximum atomic E-state index is 11.2. The Morgan fingerprint density at radius 2 is 2.29 bits per heavy atom. The van der Waals surface area contributed by atoms with Gasteiger partial charge in [0.2, 0.25) is 0 Å². The molecule has 0 amide bonds. The molecule has 0 saturated heterocycles. The van der Waals surface area contributed by atoms with Crippen molar-refractivity contribution in [2.75, 3.05) is 12.4 Å². The summed E-state index contributed by atoms with van der Waals surface area (Å²) in [5, 5.41) is 14.4. The molecule has 0 radical (unpaired) electrons. The topological polar surface area (TPSA) is 77.3 Å². The van der Waals surface area contributed by atoms with Crippen molar-refractivity contribution < 1.29 is 9.66 Å². The lowest BCUT2D eigenvalue weighted by molar-refractivity contribution is -0.384. The molecule has 0 bridgehead atoms. The zero-order chi connectivity index (χ0) is 14.8. The quantitative estimate of drug-likeness (QED) is 0.690. The van der Waals surface area contributed by atoms with Gasteiger partial charge in [-0.25, -0.2) is 0 Å². The van der Waals surface area contributed by atoms with E-state index in [-0.39, 0.29) is 11.7 Å². The predicted molar refractivity (Wildman–Crippen MR) is 78.6 cm³/mol. The molecule has 0 saturated carbocycles. The molecular weight excluding hydrogens is 270 g/mol. The third kappa shape index (κ3) is 2.52. The summed E-state index contributed by atoms with van der Waals surface area (Å²) in [7, 11) is 1.49. The van der Waals surface area contributed by atoms with E-state index < -0.39 is 4.92 Å². The summed E-state index contributed by atoms with van der Waals surface area (Å²) in [6.45, 7) is 0. The molecule has 0 fully saturated rings. The van der Waals surface area contributed by atoms with Crippen molar-refractivity contribution >= 4 is 11.4 Å². The molecule has 1 aliphatic rings. The van der Waals surface area contributed by atoms with Crippen LogP contribution >= 0.6 is 0 Å². The van der Waals surface area contributed by atoms with E-state index in [2.05, 4.69) is 10.3 Å². The van der Waals surface area contributed by atoms with E-state index in [1.54, 1.807) is 18.3 Å². The Bertz CT molecular complexity index is 688. The molecule has 1 aromatic heterocycles. The first-order valence-electron chi connectivity index (χ1n) is 6.72. The van der Waals surface area contributed by atoms with E-state index >= 15 is 0 Å². The minimum Gasteiger partial charge on any atom is -0.496 e. The second-order valence-electron chi connectivity index (χ2n) is 4.92. The molecular formula is C15H15N3O3. The Hall–Kier alpha value is -2.63. The molecule has 1 aliphatic carbocycles. The van der Waals surface area contributed by atoms with E-state index in [0.29, 0.717) is 11.4 Å². The van der Waals surface area contributed by atoms with Crippen LogP contribution in [0.2, 0.25) is 0 Å². The fourth-order valence-corrected chi connectivity index (χ4v) is 2.65. The van der Waals surface area contributed by atoms with Crippen LogP contribution in [0.1, 0.15) is 23.7 Å². The average molecular weight is 285 g/mol. The molecule has 0 spiro atoms. The summed E-state index contributed by atoms with van der Waals surface area (Å²) >= 11 is 0. The van der Waals surface area contributed by atoms with Gasteiger partial charge >= 0.3 is 0 Å². The van der Waals surface area contributed by atoms with Gasteiger partial charge in [-0.2, -0.15) is 0 Å². The summed E-state index contributed by atoms with van der Waals surface area (Å²) in [6.07, 6.45) is 3.57. The Balaban J connectivity index is 1.91. The zero-order valence-electron chi connectivity index (χ0n) is 11.6. The van der Waals surface area contributed by atoms with Gasteiger partial charge < -0.3 is 10.1 Å². The normalized spacial score (nSPS) is 16.3. The molecule has 108 valence electrons. The number of nitrogens with one attached hydrogen (secondary N) is 1. The van der Waals surface area contributed by atoms with E-state index in [1.807, 2.05) is 12.1 Å². The highest BCUT2D eigenvalue weighted by Gasteiger charge is 2.26. The first-order valence-corrected chi connectivity index (χ1v) is 6.72. The number of ether oxygens (including phenoxy) is 1. The van der Waals surface area contributed by atoms with Gasteiger partial charge in [0.1, 0.15) is 11.4 Å². The van der Waals surface area contributed by atoms with Crippen molar-refractivity contribution in [3.8, 4) is 5.75 Å². The highest BCUT2D eigenvalue weighted by atomic mass is 16.6. The van der Waals surface area contributed by atoms with Gasteiger partial charge in [0.25, 0.3) is 5.69 Å². The number of nitro benzene ring substituents is 1. The summed E-state index contributed by atoms with van der Waals surface area (Å²) < 4.78 is 5.04. The van der Waals surface area contributed by atoms with E-state index in [9.17, 15) is 10.1 Å². The van der Waals surface area contributed by atoms with Crippen LogP contribution in [0.3, 0.4) is 0 Å². The number of hydrogen-bond donors (Lipinski definition) is 1. The lowest BCUT2D eigenvalue weighted by atomic mass is 10.2. The average Bonchev–Trinajstić information content (AvgIpc) is 2.91. The third-order valence-corrected chi connectivity index (χ3v) is 3.69. The number of fused-ring (bicyclic) bond motifs is 1. The van der Waals surface area contributed by atoms with Crippen molar-refractivity contribution in [2.24, 2.45) is 0 Å². The molecule has 21 heavy (non-hydrogen) atoms. The van der Waals surface area contributed by atoms with Gasteiger partial charge in [0.15, 0.2) is 0 Å². The first kappa shape index (κ1) is 13.4. The Kier molecular flexibility index (Phi) is 3.43. The monoisotopic (exact) mass is 285 g/mol. The summed E-state index contributed by atoms with van der Waals surface area (Å²) in [4.78, 5) is 15.2. The molecule has 1 aromatic carbocycles. The minimum absolute atomic E-state index is 0.00768. The maximum Gasteiger partial charge on any atom is 0.296 e. The number of benzene rings is 1. The Labute approximate surface area is 121 Å². The third-order valence-electron chi connectivity index (χ3n) is 3.69. The molecule has 1 atom stereocenters. The largest absolute Gasteiger partial charge is 0.496 e. The van der Waals surface area contributed by atoms with Crippen LogP contribution in [0.5, 0.6) is 5.75 Å². The highest BCUT2D eigenvalue weighted by Crippen LogP contribution is 2.36. The zero-order valence-corrected chi connectivity index (χ0v) is 11.6. The Morgan fingerprint density at radius 1 is 1.43 bits per heavy atom. The van der Waals surface area contributed by atoms with E-state index in [0.717, 1.165) is 18.5 Å². The van der Waals surface area contributed by atoms with Gasteiger partial charge in [0.05, 0.1) is 29.8 Å². The lowest BCUT2D eigenvalue weighted by Gasteiger charge is -2.15. The second-order valence-corrected chi connectivity index (χ2v) is 4.92. The minimum atomic E-state index is -0.404. The van der Waals surface area contributed by atoms with Crippen LogP contribution in [0, 0.1) is 10.1 Å². The number of nitro groups is 1. The highest BCUT2D eigenvalue weighted by molar-refractivity contribution is 5.65. The fourth-order valence-electron chi connectivity index (χ4n) is 2.65. The number of methoxy groups -OCH3 is 1. The molecule has 1 heterocycles. The first-order chi connectivity index (χ1) is 10.2. The molecule has 6 nitrogen and oxygen atoms in total. The number of nitrogens with zero attached hydrogens (tertiary/aromatic N) is 2. The summed E-state index contributed by atoms with van der Waals surface area (Å²) in [5.74, 6) is 0.470. The standard InChI is InChI=1S/C15H15N3O3/c1-21-11-5-7-12(14(9-11)18(19)20)17-13-6-4-10-3-2-8-16-15(10)13/h2-3,5,7-9,13,17H,4,6H2,1H3. The van der Waals surface area contributed by atoms with E-state index in [4.69, 9.17) is 4.74 Å². The summed E-state index contributed by atoms with van der Waals surface area (Å²) in [6, 6.07) is 8.79. The van der Waals surface area contributed by atoms with Crippen LogP contribution in [0.4, 0.5) is 11.4 Å². The smallest absolute Gasteiger partial charge is 0.296 e. The van der Waals surface area contributed by atoms with E-state index in [1.165, 1.54) is 18.7 Å². The molecule has 3 rings (SSSR count). The number of pyridine rings is 1. The van der Waals surface area contributed by atoms with Crippen molar-refractivity contribution in [1.82, 2.24) is 4.98 Å². The van der Waals surface area contributed by atoms with Gasteiger partial charge in [-0.05, 0) is 36.6 Å². The van der Waals surface area contributed by atoms with Crippen LogP contribution < -0.4 is 10.1 Å². The number of aryl methyl sites for hydroxylation is 1. The van der Waals surface area contributed by atoms with Crippen LogP contribution in [-0.2, 0) is 6.42 Å². The van der Waals surface area contributed by atoms with Crippen molar-refractivity contribution in [3.05, 3.63) is 57.9 Å². The van der Waals surface area contributed by atoms with Crippen LogP contribution in [0.15, 0.2) is 36.5 Å². The van der Waals surface area contributed by atoms with Crippen molar-refractivity contribution in [1.29, 1.82) is 0 Å². The van der Waals surface area contributed by atoms with Gasteiger partial charge in [-0.3, -0.25) is 15.1 Å². The second kappa shape index (κ2) is 5.40. The van der Waals surface area contributed by atoms with Gasteiger partial charge in [0, 0.05) is 6.20 Å². The van der Waals surface area contributed by atoms with Gasteiger partial charge in [-0.1, -0.05) is 6.07 Å². The predicted octanol–water partition coefficient (Wildman–Crippen LogP) is 3.10. The Morgan fingerprint density at radius 3 is 3.05 bits per heavy atom. The molecule has 0 aliphatic heterocycles. The van der Waals surface area contributed by atoms with Crippen molar-refractivity contribution in [2.45, 2.75) is 18.9 Å². The van der Waals surface area contributed by atoms with Crippen LogP contribution in [-0.4, -0.2) is 17.0 Å². The fraction of sp³-hybridized carbons (Fsp3) is 0.267. The molecule has 2 aromatic rings. The lowest BCUT2D eigenvalue weighted by Crippen LogP contribution is -2.10. The molecule has 1 unspecified atom stereocenters. The SMILES string of the molecule is COc1ccc(NC2CCc3cccnc32)c([N+](=O)[O-])c1. The summed E-state index contributed by atoms with van der Waals surface area (Å²) in [5.41, 5.74) is 2.68.